The molecule has 8 nitrogen and oxygen atoms in total. The van der Waals surface area contributed by atoms with Gasteiger partial charge in [-0.15, -0.1) is 11.3 Å². The van der Waals surface area contributed by atoms with Crippen molar-refractivity contribution in [3.63, 3.8) is 0 Å². The number of hydrogen-bond acceptors (Lipinski definition) is 7. The fourth-order valence-corrected chi connectivity index (χ4v) is 5.00. The van der Waals surface area contributed by atoms with Gasteiger partial charge in [-0.1, -0.05) is 0 Å². The van der Waals surface area contributed by atoms with Crippen molar-refractivity contribution in [2.45, 2.75) is 25.3 Å². The average molecular weight is 443 g/mol. The molecule has 2 aromatic rings. The van der Waals surface area contributed by atoms with Gasteiger partial charge in [0.05, 0.1) is 5.00 Å². The van der Waals surface area contributed by atoms with Gasteiger partial charge in [-0.25, -0.2) is 9.97 Å². The van der Waals surface area contributed by atoms with Crippen LogP contribution < -0.4 is 20.4 Å². The first-order valence-electron chi connectivity index (χ1n) is 11.3. The third-order valence-corrected chi connectivity index (χ3v) is 6.96. The number of nitrogens with zero attached hydrogens (tertiary/aromatic N) is 6. The fraction of sp³-hybridized carbons (Fsp3) is 0.591. The highest BCUT2D eigenvalue weighted by Gasteiger charge is 2.21. The highest BCUT2D eigenvalue weighted by molar-refractivity contribution is 7.14. The van der Waals surface area contributed by atoms with Crippen LogP contribution >= 0.6 is 11.3 Å². The Kier molecular flexibility index (Phi) is 7.95. The van der Waals surface area contributed by atoms with E-state index in [0.29, 0.717) is 6.04 Å². The van der Waals surface area contributed by atoms with Crippen molar-refractivity contribution < 1.29 is 0 Å². The minimum absolute atomic E-state index is 0.496. The van der Waals surface area contributed by atoms with Crippen LogP contribution in [-0.2, 0) is 0 Å². The number of aliphatic imine (C=N–C) groups is 1. The second kappa shape index (κ2) is 11.3. The Morgan fingerprint density at radius 1 is 1.06 bits per heavy atom. The summed E-state index contributed by atoms with van der Waals surface area (Å²) < 4.78 is 0. The predicted molar refractivity (Wildman–Crippen MR) is 129 cm³/mol. The molecule has 0 spiro atoms. The molecule has 4 heterocycles. The first-order chi connectivity index (χ1) is 15.3. The lowest BCUT2D eigenvalue weighted by Crippen LogP contribution is -2.49. The summed E-state index contributed by atoms with van der Waals surface area (Å²) in [4.78, 5) is 20.4. The Labute approximate surface area is 189 Å². The Bertz CT molecular complexity index is 781. The summed E-state index contributed by atoms with van der Waals surface area (Å²) in [5.74, 6) is 1.78. The molecule has 0 radical (unpaired) electrons. The monoisotopic (exact) mass is 442 g/mol. The fourth-order valence-electron chi connectivity index (χ4n) is 4.22. The Hall–Kier alpha value is -2.39. The molecule has 0 saturated carbocycles. The second-order valence-corrected chi connectivity index (χ2v) is 9.01. The molecule has 0 aliphatic carbocycles. The van der Waals surface area contributed by atoms with Gasteiger partial charge in [-0.05, 0) is 49.4 Å². The summed E-state index contributed by atoms with van der Waals surface area (Å²) in [7, 11) is 1.86. The lowest BCUT2D eigenvalue weighted by Gasteiger charge is -2.35. The van der Waals surface area contributed by atoms with Gasteiger partial charge in [0.15, 0.2) is 5.96 Å². The Balaban J connectivity index is 1.09. The zero-order chi connectivity index (χ0) is 21.3. The smallest absolute Gasteiger partial charge is 0.225 e. The summed E-state index contributed by atoms with van der Waals surface area (Å²) in [6.07, 6.45) is 7.03. The van der Waals surface area contributed by atoms with Crippen LogP contribution in [0.15, 0.2) is 41.0 Å². The number of nitrogens with one attached hydrogen (secondary N) is 2. The van der Waals surface area contributed by atoms with E-state index in [0.717, 1.165) is 83.5 Å². The van der Waals surface area contributed by atoms with Gasteiger partial charge < -0.3 is 20.4 Å². The van der Waals surface area contributed by atoms with Gasteiger partial charge in [0.2, 0.25) is 5.95 Å². The molecule has 2 N–H and O–H groups in total. The lowest BCUT2D eigenvalue weighted by atomic mass is 10.1. The molecular formula is C22H34N8S. The van der Waals surface area contributed by atoms with Crippen molar-refractivity contribution in [1.82, 2.24) is 25.5 Å². The minimum atomic E-state index is 0.496. The van der Waals surface area contributed by atoms with Crippen LogP contribution in [0, 0.1) is 0 Å². The van der Waals surface area contributed by atoms with E-state index in [4.69, 9.17) is 0 Å². The molecule has 9 heteroatoms. The van der Waals surface area contributed by atoms with Crippen LogP contribution in [0.4, 0.5) is 10.9 Å². The third kappa shape index (κ3) is 6.30. The molecule has 2 aliphatic rings. The third-order valence-electron chi connectivity index (χ3n) is 6.03. The highest BCUT2D eigenvalue weighted by Crippen LogP contribution is 2.24. The maximum Gasteiger partial charge on any atom is 0.225 e. The van der Waals surface area contributed by atoms with Crippen LogP contribution in [0.1, 0.15) is 19.3 Å². The van der Waals surface area contributed by atoms with Gasteiger partial charge >= 0.3 is 0 Å². The molecule has 2 saturated heterocycles. The largest absolute Gasteiger partial charge is 0.363 e. The number of hydrogen-bond donors (Lipinski definition) is 2. The summed E-state index contributed by atoms with van der Waals surface area (Å²) >= 11 is 1.83. The lowest BCUT2D eigenvalue weighted by molar-refractivity contribution is 0.254. The van der Waals surface area contributed by atoms with Crippen molar-refractivity contribution in [1.29, 1.82) is 0 Å². The van der Waals surface area contributed by atoms with Gasteiger partial charge in [-0.2, -0.15) is 0 Å². The molecule has 0 atom stereocenters. The molecular weight excluding hydrogens is 408 g/mol. The van der Waals surface area contributed by atoms with E-state index in [1.54, 1.807) is 0 Å². The van der Waals surface area contributed by atoms with Crippen molar-refractivity contribution in [3.05, 3.63) is 36.0 Å². The van der Waals surface area contributed by atoms with E-state index >= 15 is 0 Å². The molecule has 31 heavy (non-hydrogen) atoms. The van der Waals surface area contributed by atoms with Crippen LogP contribution in [0.3, 0.4) is 0 Å². The molecule has 0 amide bonds. The molecule has 0 bridgehead atoms. The number of guanidine groups is 1. The maximum absolute atomic E-state index is 4.43. The van der Waals surface area contributed by atoms with E-state index in [1.165, 1.54) is 5.00 Å². The Morgan fingerprint density at radius 2 is 1.84 bits per heavy atom. The predicted octanol–water partition coefficient (Wildman–Crippen LogP) is 1.88. The summed E-state index contributed by atoms with van der Waals surface area (Å²) in [6, 6.07) is 6.71. The normalized spacial score (nSPS) is 18.9. The van der Waals surface area contributed by atoms with Crippen molar-refractivity contribution in [3.8, 4) is 0 Å². The summed E-state index contributed by atoms with van der Waals surface area (Å²) in [5.41, 5.74) is 0. The summed E-state index contributed by atoms with van der Waals surface area (Å²) in [5, 5.41) is 10.7. The van der Waals surface area contributed by atoms with E-state index in [2.05, 4.69) is 57.8 Å². The standard InChI is InChI=1S/C22H34N8S/c1-23-21(27-19-6-12-29(13-7-19)20-5-2-18-31-20)24-10-4-11-28-14-16-30(17-15-28)22-25-8-3-9-26-22/h2-3,5,8-9,18-19H,4,6-7,10-17H2,1H3,(H2,23,24,27). The van der Waals surface area contributed by atoms with E-state index in [-0.39, 0.29) is 0 Å². The van der Waals surface area contributed by atoms with Gasteiger partial charge in [0.25, 0.3) is 0 Å². The van der Waals surface area contributed by atoms with Crippen LogP contribution in [0.2, 0.25) is 0 Å². The van der Waals surface area contributed by atoms with Crippen LogP contribution in [0.5, 0.6) is 0 Å². The number of piperazine rings is 1. The van der Waals surface area contributed by atoms with Crippen LogP contribution in [-0.4, -0.2) is 86.3 Å². The SMILES string of the molecule is CN=C(NCCCN1CCN(c2ncccn2)CC1)NC1CCN(c2cccs2)CC1. The van der Waals surface area contributed by atoms with E-state index in [1.807, 2.05) is 36.8 Å². The first-order valence-corrected chi connectivity index (χ1v) is 12.2. The van der Waals surface area contributed by atoms with Gasteiger partial charge in [-0.3, -0.25) is 9.89 Å². The highest BCUT2D eigenvalue weighted by atomic mass is 32.1. The van der Waals surface area contributed by atoms with Gasteiger partial charge in [0.1, 0.15) is 0 Å². The minimum Gasteiger partial charge on any atom is -0.363 e. The Morgan fingerprint density at radius 3 is 2.52 bits per heavy atom. The van der Waals surface area contributed by atoms with Crippen molar-refractivity contribution in [2.75, 3.05) is 69.2 Å². The quantitative estimate of drug-likeness (QED) is 0.385. The average Bonchev–Trinajstić information content (AvgIpc) is 3.37. The number of rotatable bonds is 7. The molecule has 168 valence electrons. The van der Waals surface area contributed by atoms with Crippen LogP contribution in [0.25, 0.3) is 0 Å². The number of piperidine rings is 1. The van der Waals surface area contributed by atoms with Crippen molar-refractivity contribution >= 4 is 28.2 Å². The number of anilines is 2. The molecule has 2 fully saturated rings. The van der Waals surface area contributed by atoms with E-state index in [9.17, 15) is 0 Å². The molecule has 2 aromatic heterocycles. The molecule has 0 aromatic carbocycles. The summed E-state index contributed by atoms with van der Waals surface area (Å²) in [6.45, 7) is 8.37. The number of thiophene rings is 1. The van der Waals surface area contributed by atoms with Crippen molar-refractivity contribution in [2.24, 2.45) is 4.99 Å². The first kappa shape index (κ1) is 21.8. The van der Waals surface area contributed by atoms with E-state index < -0.39 is 0 Å². The zero-order valence-electron chi connectivity index (χ0n) is 18.4. The molecule has 0 unspecified atom stereocenters. The second-order valence-electron chi connectivity index (χ2n) is 8.09. The zero-order valence-corrected chi connectivity index (χ0v) is 19.2. The van der Waals surface area contributed by atoms with Gasteiger partial charge in [0, 0.05) is 71.3 Å². The number of aromatic nitrogens is 2. The maximum atomic E-state index is 4.43. The molecule has 2 aliphatic heterocycles. The molecule has 4 rings (SSSR count). The topological polar surface area (TPSA) is 71.9 Å².